The van der Waals surface area contributed by atoms with Gasteiger partial charge in [-0.3, -0.25) is 0 Å². The van der Waals surface area contributed by atoms with Gasteiger partial charge < -0.3 is 28.8 Å². The first kappa shape index (κ1) is 33.9. The summed E-state index contributed by atoms with van der Waals surface area (Å²) < 4.78 is 24.6. The Bertz CT molecular complexity index is 927. The van der Waals surface area contributed by atoms with Crippen LogP contribution in [-0.4, -0.2) is 69.6 Å². The minimum Gasteiger partial charge on any atom is -0.405 e. The van der Waals surface area contributed by atoms with E-state index < -0.39 is 32.7 Å². The fourth-order valence-electron chi connectivity index (χ4n) is 6.17. The average molecular weight is 587 g/mol. The molecule has 1 heterocycles. The molecule has 0 aliphatic carbocycles. The first-order valence-corrected chi connectivity index (χ1v) is 17.5. The summed E-state index contributed by atoms with van der Waals surface area (Å²) in [7, 11) is -1.21. The zero-order valence-electron chi connectivity index (χ0n) is 26.0. The van der Waals surface area contributed by atoms with Gasteiger partial charge in [0.25, 0.3) is 8.32 Å². The molecule has 1 saturated heterocycles. The standard InChI is InChI=1S/C34H54O6Si/c1-6-7-8-9-10-11-12-19-24-29(38-26-37-5)33-32(36)31(35)30(40-33)25-39-41(34(2,3)4,27-20-15-13-16-21-27)28-22-17-14-18-23-28/h13-18,20-23,29-33,35-36H,6-12,19,24-26H2,1-5H3/t29-,30+,31-,32+,33+/m1/s1. The Balaban J connectivity index is 1.72. The molecule has 2 aromatic rings. The highest BCUT2D eigenvalue weighted by Crippen LogP contribution is 2.38. The molecule has 230 valence electrons. The number of hydrogen-bond donors (Lipinski definition) is 2. The van der Waals surface area contributed by atoms with Crippen LogP contribution in [0.3, 0.4) is 0 Å². The summed E-state index contributed by atoms with van der Waals surface area (Å²) in [6.45, 7) is 9.21. The van der Waals surface area contributed by atoms with E-state index >= 15 is 0 Å². The maximum atomic E-state index is 11.1. The van der Waals surface area contributed by atoms with E-state index in [1.807, 2.05) is 12.1 Å². The highest BCUT2D eigenvalue weighted by atomic mass is 28.4. The van der Waals surface area contributed by atoms with Gasteiger partial charge in [0.05, 0.1) is 12.7 Å². The van der Waals surface area contributed by atoms with E-state index in [1.165, 1.54) is 48.9 Å². The number of ether oxygens (including phenoxy) is 3. The predicted molar refractivity (Wildman–Crippen MR) is 168 cm³/mol. The van der Waals surface area contributed by atoms with Gasteiger partial charge >= 0.3 is 0 Å². The van der Waals surface area contributed by atoms with Crippen LogP contribution in [0.25, 0.3) is 0 Å². The van der Waals surface area contributed by atoms with Crippen LogP contribution in [-0.2, 0) is 18.6 Å². The summed E-state index contributed by atoms with van der Waals surface area (Å²) in [4.78, 5) is 0. The molecule has 0 bridgehead atoms. The summed E-state index contributed by atoms with van der Waals surface area (Å²) in [6, 6.07) is 20.8. The summed E-state index contributed by atoms with van der Waals surface area (Å²) in [6.07, 6.45) is 6.69. The zero-order valence-corrected chi connectivity index (χ0v) is 27.0. The van der Waals surface area contributed by atoms with Gasteiger partial charge in [-0.05, 0) is 21.8 Å². The minimum atomic E-state index is -2.81. The maximum absolute atomic E-state index is 11.1. The fourth-order valence-corrected chi connectivity index (χ4v) is 10.7. The van der Waals surface area contributed by atoms with Crippen molar-refractivity contribution in [1.82, 2.24) is 0 Å². The van der Waals surface area contributed by atoms with E-state index in [9.17, 15) is 10.2 Å². The molecule has 2 aromatic carbocycles. The lowest BCUT2D eigenvalue weighted by Gasteiger charge is -2.43. The van der Waals surface area contributed by atoms with Crippen molar-refractivity contribution >= 4 is 18.7 Å². The van der Waals surface area contributed by atoms with Gasteiger partial charge in [0, 0.05) is 7.11 Å². The van der Waals surface area contributed by atoms with E-state index in [1.54, 1.807) is 7.11 Å². The van der Waals surface area contributed by atoms with Crippen LogP contribution >= 0.6 is 0 Å². The van der Waals surface area contributed by atoms with Gasteiger partial charge in [-0.1, -0.05) is 140 Å². The zero-order chi connectivity index (χ0) is 29.7. The van der Waals surface area contributed by atoms with Crippen molar-refractivity contribution in [1.29, 1.82) is 0 Å². The monoisotopic (exact) mass is 586 g/mol. The third-order valence-corrected chi connectivity index (χ3v) is 13.4. The molecule has 0 saturated carbocycles. The Morgan fingerprint density at radius 2 is 1.34 bits per heavy atom. The summed E-state index contributed by atoms with van der Waals surface area (Å²) >= 11 is 0. The molecule has 0 aromatic heterocycles. The van der Waals surface area contributed by atoms with Crippen molar-refractivity contribution in [3.05, 3.63) is 60.7 Å². The fraction of sp³-hybridized carbons (Fsp3) is 0.647. The molecule has 1 aliphatic heterocycles. The number of methoxy groups -OCH3 is 1. The lowest BCUT2D eigenvalue weighted by atomic mass is 9.99. The van der Waals surface area contributed by atoms with Gasteiger partial charge in [-0.25, -0.2) is 0 Å². The normalized spacial score (nSPS) is 22.2. The van der Waals surface area contributed by atoms with E-state index in [4.69, 9.17) is 18.6 Å². The molecule has 1 aliphatic rings. The molecular weight excluding hydrogens is 532 g/mol. The highest BCUT2D eigenvalue weighted by Gasteiger charge is 2.52. The number of aliphatic hydroxyl groups is 2. The molecule has 41 heavy (non-hydrogen) atoms. The van der Waals surface area contributed by atoms with Gasteiger partial charge in [-0.15, -0.1) is 0 Å². The molecular formula is C34H54O6Si. The van der Waals surface area contributed by atoms with Crippen LogP contribution in [0.5, 0.6) is 0 Å². The summed E-state index contributed by atoms with van der Waals surface area (Å²) in [5, 5.41) is 24.4. The van der Waals surface area contributed by atoms with Crippen molar-refractivity contribution in [2.45, 2.75) is 121 Å². The number of rotatable bonds is 18. The second-order valence-electron chi connectivity index (χ2n) is 12.5. The maximum Gasteiger partial charge on any atom is 0.261 e. The third kappa shape index (κ3) is 8.96. The minimum absolute atomic E-state index is 0.119. The van der Waals surface area contributed by atoms with E-state index in [2.05, 4.69) is 76.2 Å². The molecule has 3 rings (SSSR count). The topological polar surface area (TPSA) is 77.4 Å². The molecule has 0 unspecified atom stereocenters. The number of hydrogen-bond acceptors (Lipinski definition) is 6. The quantitative estimate of drug-likeness (QED) is 0.135. The van der Waals surface area contributed by atoms with E-state index in [0.29, 0.717) is 0 Å². The van der Waals surface area contributed by atoms with Crippen LogP contribution in [0.2, 0.25) is 5.04 Å². The molecule has 2 N–H and O–H groups in total. The number of aliphatic hydroxyl groups excluding tert-OH is 2. The highest BCUT2D eigenvalue weighted by molar-refractivity contribution is 6.99. The first-order valence-electron chi connectivity index (χ1n) is 15.6. The first-order chi connectivity index (χ1) is 19.8. The molecule has 1 fully saturated rings. The number of benzene rings is 2. The second kappa shape index (κ2) is 16.9. The van der Waals surface area contributed by atoms with Crippen LogP contribution in [0.1, 0.15) is 85.5 Å². The van der Waals surface area contributed by atoms with E-state index in [-0.39, 0.29) is 24.5 Å². The largest absolute Gasteiger partial charge is 0.405 e. The Labute approximate surface area is 249 Å². The average Bonchev–Trinajstić information content (AvgIpc) is 3.25. The van der Waals surface area contributed by atoms with Gasteiger partial charge in [0.1, 0.15) is 31.2 Å². The molecule has 6 nitrogen and oxygen atoms in total. The van der Waals surface area contributed by atoms with Crippen LogP contribution in [0.4, 0.5) is 0 Å². The Hall–Kier alpha value is -1.58. The van der Waals surface area contributed by atoms with Gasteiger partial charge in [-0.2, -0.15) is 0 Å². The Morgan fingerprint density at radius 1 is 0.805 bits per heavy atom. The third-order valence-electron chi connectivity index (χ3n) is 8.39. The Morgan fingerprint density at radius 3 is 1.85 bits per heavy atom. The second-order valence-corrected chi connectivity index (χ2v) is 16.8. The van der Waals surface area contributed by atoms with Crippen LogP contribution in [0.15, 0.2) is 60.7 Å². The Kier molecular flexibility index (Phi) is 14.0. The van der Waals surface area contributed by atoms with Crippen LogP contribution < -0.4 is 10.4 Å². The molecule has 5 atom stereocenters. The molecule has 0 amide bonds. The summed E-state index contributed by atoms with van der Waals surface area (Å²) in [5.74, 6) is 0. The van der Waals surface area contributed by atoms with Crippen LogP contribution in [0, 0.1) is 0 Å². The van der Waals surface area contributed by atoms with Crippen molar-refractivity contribution in [2.75, 3.05) is 20.5 Å². The molecule has 0 spiro atoms. The lowest BCUT2D eigenvalue weighted by molar-refractivity contribution is -0.144. The van der Waals surface area contributed by atoms with E-state index in [0.717, 1.165) is 19.3 Å². The smallest absolute Gasteiger partial charge is 0.261 e. The predicted octanol–water partition coefficient (Wildman–Crippen LogP) is 5.57. The number of unbranched alkanes of at least 4 members (excludes halogenated alkanes) is 7. The van der Waals surface area contributed by atoms with Crippen molar-refractivity contribution < 1.29 is 28.8 Å². The van der Waals surface area contributed by atoms with Gasteiger partial charge in [0.2, 0.25) is 0 Å². The SMILES string of the molecule is CCCCCCCCCC[C@@H](OCOC)[C@@H]1O[C@@H](CO[Si](c2ccccc2)(c2ccccc2)C(C)(C)C)[C@@H](O)[C@@H]1O. The van der Waals surface area contributed by atoms with Gasteiger partial charge in [0.15, 0.2) is 0 Å². The summed E-state index contributed by atoms with van der Waals surface area (Å²) in [5.41, 5.74) is 0. The lowest BCUT2D eigenvalue weighted by Crippen LogP contribution is -2.67. The van der Waals surface area contributed by atoms with Crippen molar-refractivity contribution in [3.63, 3.8) is 0 Å². The molecule has 0 radical (unpaired) electrons. The molecule has 7 heteroatoms. The van der Waals surface area contributed by atoms with Crippen molar-refractivity contribution in [2.24, 2.45) is 0 Å². The van der Waals surface area contributed by atoms with Crippen molar-refractivity contribution in [3.8, 4) is 0 Å².